The van der Waals surface area contributed by atoms with Crippen LogP contribution >= 0.6 is 0 Å². The van der Waals surface area contributed by atoms with Gasteiger partial charge in [0.25, 0.3) is 0 Å². The highest BCUT2D eigenvalue weighted by Gasteiger charge is 2.17. The second-order valence-corrected chi connectivity index (χ2v) is 3.97. The maximum absolute atomic E-state index is 11.1. The topological polar surface area (TPSA) is 90.8 Å². The Balaban J connectivity index is 2.31. The average molecular weight is 290 g/mol. The zero-order valence-electron chi connectivity index (χ0n) is 11.6. The van der Waals surface area contributed by atoms with E-state index in [0.717, 1.165) is 0 Å². The number of methoxy groups -OCH3 is 2. The van der Waals surface area contributed by atoms with Gasteiger partial charge in [-0.15, -0.1) is 0 Å². The van der Waals surface area contributed by atoms with Gasteiger partial charge in [-0.2, -0.15) is 0 Å². The molecule has 0 aliphatic heterocycles. The predicted octanol–water partition coefficient (Wildman–Crippen LogP) is 1.77. The van der Waals surface area contributed by atoms with E-state index in [1.807, 2.05) is 0 Å². The van der Waals surface area contributed by atoms with Gasteiger partial charge >= 0.3 is 5.97 Å². The van der Waals surface area contributed by atoms with Gasteiger partial charge in [0, 0.05) is 12.4 Å². The second kappa shape index (κ2) is 6.56. The minimum Gasteiger partial charge on any atom is -0.493 e. The third-order valence-electron chi connectivity index (χ3n) is 2.67. The lowest BCUT2D eigenvalue weighted by Crippen LogP contribution is -2.05. The van der Waals surface area contributed by atoms with Gasteiger partial charge in [0.15, 0.2) is 17.3 Å². The van der Waals surface area contributed by atoms with E-state index >= 15 is 0 Å². The fourth-order valence-corrected chi connectivity index (χ4v) is 1.69. The van der Waals surface area contributed by atoms with Crippen LogP contribution in [-0.4, -0.2) is 35.3 Å². The van der Waals surface area contributed by atoms with Crippen molar-refractivity contribution >= 4 is 5.97 Å². The molecular formula is C14H14N2O5. The first-order valence-corrected chi connectivity index (χ1v) is 6.03. The van der Waals surface area contributed by atoms with Crippen LogP contribution in [0.2, 0.25) is 0 Å². The zero-order chi connectivity index (χ0) is 15.2. The number of hydrogen-bond acceptors (Lipinski definition) is 6. The molecule has 0 atom stereocenters. The van der Waals surface area contributed by atoms with Crippen LogP contribution in [0.25, 0.3) is 0 Å². The van der Waals surface area contributed by atoms with Gasteiger partial charge in [-0.05, 0) is 18.2 Å². The number of rotatable bonds is 6. The van der Waals surface area contributed by atoms with Crippen LogP contribution in [0.3, 0.4) is 0 Å². The van der Waals surface area contributed by atoms with Crippen LogP contribution in [0, 0.1) is 0 Å². The fraction of sp³-hybridized carbons (Fsp3) is 0.214. The van der Waals surface area contributed by atoms with Crippen molar-refractivity contribution in [3.8, 4) is 17.2 Å². The van der Waals surface area contributed by atoms with E-state index in [2.05, 4.69) is 9.97 Å². The van der Waals surface area contributed by atoms with Crippen molar-refractivity contribution in [2.24, 2.45) is 0 Å². The lowest BCUT2D eigenvalue weighted by atomic mass is 10.2. The summed E-state index contributed by atoms with van der Waals surface area (Å²) in [5.74, 6) is 0.247. The molecule has 0 amide bonds. The lowest BCUT2D eigenvalue weighted by molar-refractivity contribution is 0.0696. The van der Waals surface area contributed by atoms with Gasteiger partial charge < -0.3 is 19.3 Å². The molecule has 21 heavy (non-hydrogen) atoms. The number of aromatic carboxylic acids is 1. The first kappa shape index (κ1) is 14.6. The minimum atomic E-state index is -1.08. The van der Waals surface area contributed by atoms with Crippen molar-refractivity contribution in [3.63, 3.8) is 0 Å². The second-order valence-electron chi connectivity index (χ2n) is 3.97. The first-order valence-electron chi connectivity index (χ1n) is 6.03. The van der Waals surface area contributed by atoms with Crippen LogP contribution in [0.1, 0.15) is 16.2 Å². The van der Waals surface area contributed by atoms with Gasteiger partial charge in [0.05, 0.1) is 19.8 Å². The number of carboxylic acid groups (broad SMARTS) is 1. The molecule has 0 saturated heterocycles. The summed E-state index contributed by atoms with van der Waals surface area (Å²) in [5, 5.41) is 9.05. The van der Waals surface area contributed by atoms with E-state index in [1.54, 1.807) is 18.5 Å². The molecular weight excluding hydrogens is 276 g/mol. The van der Waals surface area contributed by atoms with Gasteiger partial charge in [-0.1, -0.05) is 0 Å². The Morgan fingerprint density at radius 3 is 2.19 bits per heavy atom. The molecule has 1 aromatic heterocycles. The number of carboxylic acids is 1. The number of nitrogens with zero attached hydrogens (tertiary/aromatic N) is 2. The zero-order valence-corrected chi connectivity index (χ0v) is 11.6. The smallest absolute Gasteiger partial charge is 0.335 e. The number of carbonyl (C=O) groups is 1. The third-order valence-corrected chi connectivity index (χ3v) is 2.67. The van der Waals surface area contributed by atoms with E-state index in [0.29, 0.717) is 11.6 Å². The molecule has 0 fully saturated rings. The quantitative estimate of drug-likeness (QED) is 0.866. The van der Waals surface area contributed by atoms with E-state index in [-0.39, 0.29) is 23.7 Å². The summed E-state index contributed by atoms with van der Waals surface area (Å²) in [4.78, 5) is 19.1. The molecule has 2 aromatic rings. The summed E-state index contributed by atoms with van der Waals surface area (Å²) >= 11 is 0. The van der Waals surface area contributed by atoms with E-state index < -0.39 is 5.97 Å². The maximum atomic E-state index is 11.1. The summed E-state index contributed by atoms with van der Waals surface area (Å²) in [6.07, 6.45) is 3.21. The Morgan fingerprint density at radius 1 is 1.14 bits per heavy atom. The molecule has 7 heteroatoms. The molecule has 1 heterocycles. The highest BCUT2D eigenvalue weighted by atomic mass is 16.5. The van der Waals surface area contributed by atoms with Crippen molar-refractivity contribution in [1.29, 1.82) is 0 Å². The summed E-state index contributed by atoms with van der Waals surface area (Å²) < 4.78 is 15.9. The highest BCUT2D eigenvalue weighted by Crippen LogP contribution is 2.38. The van der Waals surface area contributed by atoms with Crippen LogP contribution in [0.5, 0.6) is 17.2 Å². The largest absolute Gasteiger partial charge is 0.493 e. The molecule has 2 rings (SSSR count). The number of benzene rings is 1. The first-order chi connectivity index (χ1) is 10.2. The van der Waals surface area contributed by atoms with Gasteiger partial charge in [0.1, 0.15) is 6.61 Å². The van der Waals surface area contributed by atoms with Crippen molar-refractivity contribution in [1.82, 2.24) is 9.97 Å². The van der Waals surface area contributed by atoms with Crippen molar-refractivity contribution < 1.29 is 24.1 Å². The molecule has 110 valence electrons. The molecule has 0 aliphatic carbocycles. The average Bonchev–Trinajstić information content (AvgIpc) is 2.52. The minimum absolute atomic E-state index is 0.0482. The Kier molecular flexibility index (Phi) is 4.55. The fourth-order valence-electron chi connectivity index (χ4n) is 1.69. The van der Waals surface area contributed by atoms with E-state index in [1.165, 1.54) is 26.4 Å². The van der Waals surface area contributed by atoms with Gasteiger partial charge in [0.2, 0.25) is 5.75 Å². The SMILES string of the molecule is COc1cc(C(=O)O)cc(OC)c1OCc1ncccn1. The normalized spacial score (nSPS) is 10.0. The Bertz CT molecular complexity index is 606. The molecule has 1 aromatic carbocycles. The summed E-state index contributed by atoms with van der Waals surface area (Å²) in [6, 6.07) is 4.43. The van der Waals surface area contributed by atoms with Crippen molar-refractivity contribution in [2.75, 3.05) is 14.2 Å². The number of ether oxygens (including phenoxy) is 3. The van der Waals surface area contributed by atoms with Crippen LogP contribution in [0.15, 0.2) is 30.6 Å². The van der Waals surface area contributed by atoms with E-state index in [4.69, 9.17) is 19.3 Å². The molecule has 1 N–H and O–H groups in total. The standard InChI is InChI=1S/C14H14N2O5/c1-19-10-6-9(14(17)18)7-11(20-2)13(10)21-8-12-15-4-3-5-16-12/h3-7H,8H2,1-2H3,(H,17,18). The highest BCUT2D eigenvalue weighted by molar-refractivity contribution is 5.89. The number of aromatic nitrogens is 2. The molecule has 0 unspecified atom stereocenters. The molecule has 7 nitrogen and oxygen atoms in total. The maximum Gasteiger partial charge on any atom is 0.335 e. The van der Waals surface area contributed by atoms with E-state index in [9.17, 15) is 4.79 Å². The molecule has 0 radical (unpaired) electrons. The summed E-state index contributed by atoms with van der Waals surface area (Å²) in [5.41, 5.74) is 0.0482. The lowest BCUT2D eigenvalue weighted by Gasteiger charge is -2.14. The van der Waals surface area contributed by atoms with Gasteiger partial charge in [-0.25, -0.2) is 14.8 Å². The van der Waals surface area contributed by atoms with Crippen molar-refractivity contribution in [2.45, 2.75) is 6.61 Å². The summed E-state index contributed by atoms with van der Waals surface area (Å²) in [6.45, 7) is 0.111. The Labute approximate surface area is 121 Å². The number of hydrogen-bond donors (Lipinski definition) is 1. The Hall–Kier alpha value is -2.83. The molecule has 0 bridgehead atoms. The Morgan fingerprint density at radius 2 is 1.71 bits per heavy atom. The van der Waals surface area contributed by atoms with Gasteiger partial charge in [-0.3, -0.25) is 0 Å². The van der Waals surface area contributed by atoms with Crippen LogP contribution in [0.4, 0.5) is 0 Å². The van der Waals surface area contributed by atoms with Crippen LogP contribution in [-0.2, 0) is 6.61 Å². The molecule has 0 aliphatic rings. The predicted molar refractivity (Wildman–Crippen MR) is 72.9 cm³/mol. The van der Waals surface area contributed by atoms with Crippen LogP contribution < -0.4 is 14.2 Å². The monoisotopic (exact) mass is 290 g/mol. The molecule has 0 saturated carbocycles. The van der Waals surface area contributed by atoms with Crippen molar-refractivity contribution in [3.05, 3.63) is 42.0 Å². The molecule has 0 spiro atoms. The summed E-state index contributed by atoms with van der Waals surface area (Å²) in [7, 11) is 2.85. The third kappa shape index (κ3) is 3.38.